The standard InChI is InChI=1S/C8H12BO5P/c1-13-15(12,14-2)8-5-3-4-7(6-8)9(10)11/h3-6,10-11H,1-2H3. The van der Waals surface area contributed by atoms with Crippen LogP contribution >= 0.6 is 7.60 Å². The van der Waals surface area contributed by atoms with Crippen molar-refractivity contribution in [2.45, 2.75) is 0 Å². The third-order valence-electron chi connectivity index (χ3n) is 1.97. The monoisotopic (exact) mass is 230 g/mol. The predicted molar refractivity (Wildman–Crippen MR) is 57.5 cm³/mol. The second kappa shape index (κ2) is 4.92. The van der Waals surface area contributed by atoms with E-state index in [4.69, 9.17) is 19.1 Å². The fourth-order valence-electron chi connectivity index (χ4n) is 1.14. The summed E-state index contributed by atoms with van der Waals surface area (Å²) in [5.74, 6) is 0. The zero-order valence-corrected chi connectivity index (χ0v) is 9.35. The van der Waals surface area contributed by atoms with Crippen LogP contribution < -0.4 is 10.8 Å². The van der Waals surface area contributed by atoms with Gasteiger partial charge in [-0.1, -0.05) is 12.1 Å². The van der Waals surface area contributed by atoms with Crippen LogP contribution in [0.25, 0.3) is 0 Å². The summed E-state index contributed by atoms with van der Waals surface area (Å²) < 4.78 is 21.5. The Kier molecular flexibility index (Phi) is 4.08. The first kappa shape index (κ1) is 12.4. The molecule has 1 aromatic carbocycles. The molecule has 0 fully saturated rings. The Labute approximate surface area is 88.3 Å². The first-order chi connectivity index (χ1) is 7.03. The number of hydrogen-bond donors (Lipinski definition) is 2. The molecule has 0 aromatic heterocycles. The molecule has 0 aliphatic rings. The van der Waals surface area contributed by atoms with Crippen molar-refractivity contribution < 1.29 is 23.7 Å². The average molecular weight is 230 g/mol. The fourth-order valence-corrected chi connectivity index (χ4v) is 2.29. The Balaban J connectivity index is 3.15. The lowest BCUT2D eigenvalue weighted by molar-refractivity contribution is 0.287. The molecule has 1 rings (SSSR count). The normalized spacial score (nSPS) is 11.5. The molecule has 0 amide bonds. The third-order valence-corrected chi connectivity index (χ3v) is 3.84. The molecule has 7 heteroatoms. The quantitative estimate of drug-likeness (QED) is 0.537. The van der Waals surface area contributed by atoms with Crippen LogP contribution in [0, 0.1) is 0 Å². The van der Waals surface area contributed by atoms with Crippen molar-refractivity contribution >= 4 is 25.5 Å². The van der Waals surface area contributed by atoms with Crippen LogP contribution in [-0.4, -0.2) is 31.4 Å². The van der Waals surface area contributed by atoms with Crippen molar-refractivity contribution in [3.05, 3.63) is 24.3 Å². The summed E-state index contributed by atoms with van der Waals surface area (Å²) in [6.07, 6.45) is 0. The van der Waals surface area contributed by atoms with E-state index in [1.807, 2.05) is 0 Å². The van der Waals surface area contributed by atoms with E-state index >= 15 is 0 Å². The van der Waals surface area contributed by atoms with E-state index in [2.05, 4.69) is 0 Å². The maximum Gasteiger partial charge on any atom is 0.488 e. The van der Waals surface area contributed by atoms with Gasteiger partial charge in [-0.05, 0) is 17.6 Å². The summed E-state index contributed by atoms with van der Waals surface area (Å²) in [4.78, 5) is 0. The van der Waals surface area contributed by atoms with Gasteiger partial charge in [0.1, 0.15) is 0 Å². The molecule has 5 nitrogen and oxygen atoms in total. The van der Waals surface area contributed by atoms with E-state index in [0.29, 0.717) is 0 Å². The van der Waals surface area contributed by atoms with Gasteiger partial charge in [-0.25, -0.2) is 0 Å². The van der Waals surface area contributed by atoms with E-state index < -0.39 is 14.7 Å². The van der Waals surface area contributed by atoms with E-state index in [1.54, 1.807) is 12.1 Å². The van der Waals surface area contributed by atoms with Crippen LogP contribution in [0.1, 0.15) is 0 Å². The largest absolute Gasteiger partial charge is 0.488 e. The first-order valence-corrected chi connectivity index (χ1v) is 5.76. The van der Waals surface area contributed by atoms with Crippen molar-refractivity contribution in [3.63, 3.8) is 0 Å². The Morgan fingerprint density at radius 1 is 1.27 bits per heavy atom. The highest BCUT2D eigenvalue weighted by Crippen LogP contribution is 2.44. The van der Waals surface area contributed by atoms with Crippen LogP contribution in [0.15, 0.2) is 24.3 Å². The highest BCUT2D eigenvalue weighted by Gasteiger charge is 2.25. The van der Waals surface area contributed by atoms with Crippen LogP contribution in [0.2, 0.25) is 0 Å². The maximum absolute atomic E-state index is 11.9. The molecule has 2 N–H and O–H groups in total. The maximum atomic E-state index is 11.9. The molecule has 15 heavy (non-hydrogen) atoms. The molecule has 0 bridgehead atoms. The summed E-state index contributed by atoms with van der Waals surface area (Å²) in [7, 11) is -2.39. The van der Waals surface area contributed by atoms with E-state index in [1.165, 1.54) is 26.4 Å². The zero-order valence-electron chi connectivity index (χ0n) is 8.45. The molecule has 0 saturated heterocycles. The Morgan fingerprint density at radius 2 is 1.87 bits per heavy atom. The summed E-state index contributed by atoms with van der Waals surface area (Å²) in [5, 5.41) is 18.2. The van der Waals surface area contributed by atoms with Gasteiger partial charge in [-0.2, -0.15) is 0 Å². The summed E-state index contributed by atoms with van der Waals surface area (Å²) in [6.45, 7) is 0. The molecular weight excluding hydrogens is 218 g/mol. The van der Waals surface area contributed by atoms with Crippen molar-refractivity contribution in [1.29, 1.82) is 0 Å². The number of hydrogen-bond acceptors (Lipinski definition) is 5. The predicted octanol–water partition coefficient (Wildman–Crippen LogP) is -0.522. The van der Waals surface area contributed by atoms with E-state index in [0.717, 1.165) is 0 Å². The molecule has 1 aromatic rings. The SMILES string of the molecule is COP(=O)(OC)c1cccc(B(O)O)c1. The fraction of sp³-hybridized carbons (Fsp3) is 0.250. The number of rotatable bonds is 4. The minimum atomic E-state index is -3.32. The first-order valence-electron chi connectivity index (χ1n) is 4.21. The lowest BCUT2D eigenvalue weighted by Gasteiger charge is -2.14. The van der Waals surface area contributed by atoms with Crippen LogP contribution in [0.3, 0.4) is 0 Å². The lowest BCUT2D eigenvalue weighted by Crippen LogP contribution is -2.32. The average Bonchev–Trinajstić information content (AvgIpc) is 2.28. The summed E-state index contributed by atoms with van der Waals surface area (Å²) >= 11 is 0. The van der Waals surface area contributed by atoms with Gasteiger partial charge in [0.25, 0.3) is 0 Å². The minimum Gasteiger partial charge on any atom is -0.423 e. The van der Waals surface area contributed by atoms with Gasteiger partial charge in [0.05, 0.1) is 5.30 Å². The number of benzene rings is 1. The van der Waals surface area contributed by atoms with E-state index in [9.17, 15) is 4.57 Å². The molecule has 0 atom stereocenters. The van der Waals surface area contributed by atoms with Gasteiger partial charge in [-0.15, -0.1) is 0 Å². The minimum absolute atomic E-state index is 0.238. The molecule has 0 aliphatic carbocycles. The second-order valence-corrected chi connectivity index (χ2v) is 5.07. The highest BCUT2D eigenvalue weighted by molar-refractivity contribution is 7.62. The Bertz CT molecular complexity index is 373. The molecule has 0 radical (unpaired) electrons. The van der Waals surface area contributed by atoms with Crippen LogP contribution in [0.5, 0.6) is 0 Å². The summed E-state index contributed by atoms with van der Waals surface area (Å²) in [6, 6.07) is 5.97. The lowest BCUT2D eigenvalue weighted by atomic mass is 9.80. The van der Waals surface area contributed by atoms with Gasteiger partial charge in [0.15, 0.2) is 0 Å². The van der Waals surface area contributed by atoms with Crippen molar-refractivity contribution in [3.8, 4) is 0 Å². The molecule has 0 spiro atoms. The Morgan fingerprint density at radius 3 is 2.33 bits per heavy atom. The van der Waals surface area contributed by atoms with Crippen molar-refractivity contribution in [2.75, 3.05) is 14.2 Å². The topological polar surface area (TPSA) is 76.0 Å². The highest BCUT2D eigenvalue weighted by atomic mass is 31.2. The zero-order chi connectivity index (χ0) is 11.5. The van der Waals surface area contributed by atoms with Gasteiger partial charge in [0, 0.05) is 14.2 Å². The van der Waals surface area contributed by atoms with Crippen LogP contribution in [-0.2, 0) is 13.6 Å². The molecule has 0 aliphatic heterocycles. The molecule has 0 unspecified atom stereocenters. The smallest absolute Gasteiger partial charge is 0.423 e. The summed E-state index contributed by atoms with van der Waals surface area (Å²) in [5.41, 5.74) is 0.238. The van der Waals surface area contributed by atoms with Gasteiger partial charge >= 0.3 is 14.7 Å². The van der Waals surface area contributed by atoms with Gasteiger partial charge in [-0.3, -0.25) is 4.57 Å². The Hall–Kier alpha value is -0.645. The van der Waals surface area contributed by atoms with Crippen LogP contribution in [0.4, 0.5) is 0 Å². The van der Waals surface area contributed by atoms with Gasteiger partial charge in [0.2, 0.25) is 0 Å². The molecular formula is C8H12BO5P. The van der Waals surface area contributed by atoms with Crippen molar-refractivity contribution in [1.82, 2.24) is 0 Å². The molecule has 82 valence electrons. The van der Waals surface area contributed by atoms with E-state index in [-0.39, 0.29) is 10.8 Å². The molecule has 0 saturated carbocycles. The third kappa shape index (κ3) is 2.68. The van der Waals surface area contributed by atoms with Gasteiger partial charge < -0.3 is 19.1 Å². The second-order valence-electron chi connectivity index (χ2n) is 2.83. The van der Waals surface area contributed by atoms with Crippen molar-refractivity contribution in [2.24, 2.45) is 0 Å². The molecule has 0 heterocycles.